The zero-order chi connectivity index (χ0) is 11.7. The normalized spacial score (nSPS) is 10.4. The van der Waals surface area contributed by atoms with Gasteiger partial charge in [-0.2, -0.15) is 4.98 Å². The summed E-state index contributed by atoms with van der Waals surface area (Å²) < 4.78 is 4.91. The fraction of sp³-hybridized carbons (Fsp3) is 0.182. The summed E-state index contributed by atoms with van der Waals surface area (Å²) in [7, 11) is 0. The average Bonchev–Trinajstić information content (AvgIpc) is 2.70. The highest BCUT2D eigenvalue weighted by atomic mass is 16.5. The van der Waals surface area contributed by atoms with Crippen LogP contribution < -0.4 is 0 Å². The molecule has 0 atom stereocenters. The first-order valence-electron chi connectivity index (χ1n) is 4.72. The van der Waals surface area contributed by atoms with E-state index >= 15 is 0 Å². The van der Waals surface area contributed by atoms with E-state index in [4.69, 9.17) is 9.63 Å². The summed E-state index contributed by atoms with van der Waals surface area (Å²) >= 11 is 0. The number of aromatic carboxylic acids is 1. The van der Waals surface area contributed by atoms with Crippen molar-refractivity contribution < 1.29 is 14.4 Å². The number of carbonyl (C=O) groups is 1. The van der Waals surface area contributed by atoms with Crippen molar-refractivity contribution >= 4 is 5.97 Å². The van der Waals surface area contributed by atoms with Crippen LogP contribution in [0.5, 0.6) is 0 Å². The second-order valence-corrected chi connectivity index (χ2v) is 3.55. The van der Waals surface area contributed by atoms with Crippen LogP contribution in [0.1, 0.15) is 21.7 Å². The molecule has 0 unspecified atom stereocenters. The Hall–Kier alpha value is -2.17. The largest absolute Gasteiger partial charge is 0.475 e. The van der Waals surface area contributed by atoms with Gasteiger partial charge in [0.25, 0.3) is 11.7 Å². The topological polar surface area (TPSA) is 76.2 Å². The van der Waals surface area contributed by atoms with Crippen molar-refractivity contribution in [3.63, 3.8) is 0 Å². The number of benzene rings is 1. The zero-order valence-electron chi connectivity index (χ0n) is 8.89. The summed E-state index contributed by atoms with van der Waals surface area (Å²) in [5, 5.41) is 12.1. The quantitative estimate of drug-likeness (QED) is 0.834. The van der Waals surface area contributed by atoms with Gasteiger partial charge < -0.3 is 9.63 Å². The molecule has 0 amide bonds. The van der Waals surface area contributed by atoms with Crippen molar-refractivity contribution in [1.29, 1.82) is 0 Å². The standard InChI is InChI=1S/C11H10N2O3/c1-6-3-4-7(2)8(5-6)10-12-9(11(14)15)13-16-10/h3-5H,1-2H3,(H,14,15). The predicted molar refractivity (Wildman–Crippen MR) is 56.2 cm³/mol. The van der Waals surface area contributed by atoms with Gasteiger partial charge in [-0.25, -0.2) is 4.79 Å². The van der Waals surface area contributed by atoms with Crippen LogP contribution in [0.25, 0.3) is 11.5 Å². The lowest BCUT2D eigenvalue weighted by Gasteiger charge is -2.01. The summed E-state index contributed by atoms with van der Waals surface area (Å²) in [6.07, 6.45) is 0. The maximum Gasteiger partial charge on any atom is 0.377 e. The van der Waals surface area contributed by atoms with Crippen molar-refractivity contribution in [2.24, 2.45) is 0 Å². The highest BCUT2D eigenvalue weighted by molar-refractivity contribution is 5.83. The van der Waals surface area contributed by atoms with Crippen LogP contribution in [0.3, 0.4) is 0 Å². The summed E-state index contributed by atoms with van der Waals surface area (Å²) in [6, 6.07) is 5.77. The lowest BCUT2D eigenvalue weighted by atomic mass is 10.1. The molecule has 0 saturated carbocycles. The number of nitrogens with zero attached hydrogens (tertiary/aromatic N) is 2. The molecule has 2 rings (SSSR count). The van der Waals surface area contributed by atoms with E-state index in [0.29, 0.717) is 0 Å². The van der Waals surface area contributed by atoms with E-state index in [-0.39, 0.29) is 11.7 Å². The molecule has 82 valence electrons. The van der Waals surface area contributed by atoms with Crippen LogP contribution in [0.4, 0.5) is 0 Å². The van der Waals surface area contributed by atoms with Crippen LogP contribution in [-0.4, -0.2) is 21.2 Å². The molecule has 0 bridgehead atoms. The van der Waals surface area contributed by atoms with Gasteiger partial charge in [-0.15, -0.1) is 0 Å². The van der Waals surface area contributed by atoms with E-state index < -0.39 is 5.97 Å². The SMILES string of the molecule is Cc1ccc(C)c(-c2nc(C(=O)O)no2)c1. The van der Waals surface area contributed by atoms with Crippen LogP contribution in [0.2, 0.25) is 0 Å². The second-order valence-electron chi connectivity index (χ2n) is 3.55. The van der Waals surface area contributed by atoms with Crippen molar-refractivity contribution in [2.45, 2.75) is 13.8 Å². The first-order chi connectivity index (χ1) is 7.58. The third kappa shape index (κ3) is 1.79. The van der Waals surface area contributed by atoms with E-state index in [2.05, 4.69) is 10.1 Å². The van der Waals surface area contributed by atoms with Crippen LogP contribution in [0.15, 0.2) is 22.7 Å². The predicted octanol–water partition coefficient (Wildman–Crippen LogP) is 2.05. The molecule has 1 heterocycles. The lowest BCUT2D eigenvalue weighted by Crippen LogP contribution is -1.98. The fourth-order valence-electron chi connectivity index (χ4n) is 1.39. The molecule has 1 N–H and O–H groups in total. The van der Waals surface area contributed by atoms with Crippen molar-refractivity contribution in [2.75, 3.05) is 0 Å². The summed E-state index contributed by atoms with van der Waals surface area (Å²) in [5.74, 6) is -1.28. The van der Waals surface area contributed by atoms with Gasteiger partial charge in [-0.1, -0.05) is 17.7 Å². The Kier molecular flexibility index (Phi) is 2.44. The summed E-state index contributed by atoms with van der Waals surface area (Å²) in [4.78, 5) is 14.4. The third-order valence-corrected chi connectivity index (χ3v) is 2.24. The first-order valence-corrected chi connectivity index (χ1v) is 4.72. The Morgan fingerprint density at radius 1 is 1.38 bits per heavy atom. The highest BCUT2D eigenvalue weighted by Gasteiger charge is 2.15. The minimum atomic E-state index is -1.19. The molecule has 1 aromatic carbocycles. The average molecular weight is 218 g/mol. The van der Waals surface area contributed by atoms with Gasteiger partial charge in [0, 0.05) is 5.56 Å². The Morgan fingerprint density at radius 2 is 2.12 bits per heavy atom. The van der Waals surface area contributed by atoms with Gasteiger partial charge >= 0.3 is 5.97 Å². The van der Waals surface area contributed by atoms with Gasteiger partial charge in [0.1, 0.15) is 0 Å². The first kappa shape index (κ1) is 10.4. The molecule has 0 aliphatic rings. The Bertz CT molecular complexity index is 546. The van der Waals surface area contributed by atoms with Gasteiger partial charge in [-0.05, 0) is 30.6 Å². The van der Waals surface area contributed by atoms with Gasteiger partial charge in [-0.3, -0.25) is 0 Å². The number of hydrogen-bond acceptors (Lipinski definition) is 4. The smallest absolute Gasteiger partial charge is 0.377 e. The maximum atomic E-state index is 10.6. The molecular formula is C11H10N2O3. The molecule has 0 radical (unpaired) electrons. The summed E-state index contributed by atoms with van der Waals surface area (Å²) in [5.41, 5.74) is 2.78. The van der Waals surface area contributed by atoms with Crippen LogP contribution in [0, 0.1) is 13.8 Å². The molecule has 0 aliphatic heterocycles. The molecule has 1 aromatic heterocycles. The Balaban J connectivity index is 2.50. The number of hydrogen-bond donors (Lipinski definition) is 1. The molecule has 2 aromatic rings. The molecule has 16 heavy (non-hydrogen) atoms. The zero-order valence-corrected chi connectivity index (χ0v) is 8.89. The van der Waals surface area contributed by atoms with Crippen molar-refractivity contribution in [3.05, 3.63) is 35.2 Å². The lowest BCUT2D eigenvalue weighted by molar-refractivity contribution is 0.0680. The Labute approximate surface area is 91.7 Å². The van der Waals surface area contributed by atoms with E-state index in [9.17, 15) is 4.79 Å². The van der Waals surface area contributed by atoms with E-state index in [0.717, 1.165) is 16.7 Å². The number of rotatable bonds is 2. The van der Waals surface area contributed by atoms with Gasteiger partial charge in [0.05, 0.1) is 0 Å². The van der Waals surface area contributed by atoms with Gasteiger partial charge in [0.2, 0.25) is 0 Å². The van der Waals surface area contributed by atoms with Crippen LogP contribution >= 0.6 is 0 Å². The molecule has 0 aliphatic carbocycles. The third-order valence-electron chi connectivity index (χ3n) is 2.24. The monoisotopic (exact) mass is 218 g/mol. The minimum Gasteiger partial charge on any atom is -0.475 e. The maximum absolute atomic E-state index is 10.6. The van der Waals surface area contributed by atoms with E-state index in [1.54, 1.807) is 0 Å². The number of aromatic nitrogens is 2. The molecule has 5 nitrogen and oxygen atoms in total. The van der Waals surface area contributed by atoms with Gasteiger partial charge in [0.15, 0.2) is 0 Å². The van der Waals surface area contributed by atoms with Crippen molar-refractivity contribution in [1.82, 2.24) is 10.1 Å². The second kappa shape index (κ2) is 3.77. The highest BCUT2D eigenvalue weighted by Crippen LogP contribution is 2.22. The fourth-order valence-corrected chi connectivity index (χ4v) is 1.39. The molecule has 0 spiro atoms. The molecular weight excluding hydrogens is 208 g/mol. The number of aryl methyl sites for hydroxylation is 2. The number of carboxylic acid groups (broad SMARTS) is 1. The van der Waals surface area contributed by atoms with E-state index in [1.807, 2.05) is 32.0 Å². The molecule has 5 heteroatoms. The van der Waals surface area contributed by atoms with E-state index in [1.165, 1.54) is 0 Å². The minimum absolute atomic E-state index is 0.235. The Morgan fingerprint density at radius 3 is 2.75 bits per heavy atom. The number of carboxylic acids is 1. The molecule has 0 saturated heterocycles. The van der Waals surface area contributed by atoms with Crippen molar-refractivity contribution in [3.8, 4) is 11.5 Å². The summed E-state index contributed by atoms with van der Waals surface area (Å²) in [6.45, 7) is 3.84. The van der Waals surface area contributed by atoms with Crippen LogP contribution in [-0.2, 0) is 0 Å². The molecule has 0 fully saturated rings.